The fourth-order valence-corrected chi connectivity index (χ4v) is 2.57. The molecular weight excluding hydrogens is 427 g/mol. The third kappa shape index (κ3) is 6.55. The second kappa shape index (κ2) is 9.23. The van der Waals surface area contributed by atoms with E-state index in [0.717, 1.165) is 25.1 Å². The second-order valence-corrected chi connectivity index (χ2v) is 6.90. The molecule has 2 N–H and O–H groups in total. The average molecular weight is 448 g/mol. The van der Waals surface area contributed by atoms with Crippen LogP contribution in [0, 0.1) is 0 Å². The lowest BCUT2D eigenvalue weighted by Crippen LogP contribution is -2.17. The van der Waals surface area contributed by atoms with Gasteiger partial charge in [-0.15, -0.1) is 0 Å². The molecule has 0 atom stereocenters. The van der Waals surface area contributed by atoms with E-state index in [0.29, 0.717) is 16.8 Å². The van der Waals surface area contributed by atoms with Crippen LogP contribution in [0.1, 0.15) is 12.0 Å². The molecule has 1 aromatic heterocycles. The predicted molar refractivity (Wildman–Crippen MR) is 103 cm³/mol. The quantitative estimate of drug-likeness (QED) is 0.585. The summed E-state index contributed by atoms with van der Waals surface area (Å²) in [7, 11) is 5.29. The summed E-state index contributed by atoms with van der Waals surface area (Å²) in [6.07, 6.45) is -2.03. The highest BCUT2D eigenvalue weighted by Crippen LogP contribution is 2.34. The number of ether oxygens (including phenoxy) is 1. The minimum Gasteiger partial charge on any atom is -0.497 e. The van der Waals surface area contributed by atoms with Gasteiger partial charge < -0.3 is 20.3 Å². The van der Waals surface area contributed by atoms with Gasteiger partial charge in [0, 0.05) is 24.5 Å². The van der Waals surface area contributed by atoms with Gasteiger partial charge in [0.1, 0.15) is 11.6 Å². The summed E-state index contributed by atoms with van der Waals surface area (Å²) in [6.45, 7) is 1.62. The van der Waals surface area contributed by atoms with Crippen LogP contribution in [0.25, 0.3) is 0 Å². The van der Waals surface area contributed by atoms with Gasteiger partial charge in [-0.25, -0.2) is 4.98 Å². The molecule has 2 aromatic rings. The van der Waals surface area contributed by atoms with Crippen LogP contribution in [-0.2, 0) is 6.18 Å². The maximum atomic E-state index is 13.0. The SMILES string of the molecule is COc1cc(Nc2ncc(Br)c(NCCCN(C)C)n2)cc(C(F)(F)F)c1. The molecule has 0 bridgehead atoms. The van der Waals surface area contributed by atoms with Crippen molar-refractivity contribution in [2.75, 3.05) is 44.9 Å². The molecule has 0 radical (unpaired) electrons. The van der Waals surface area contributed by atoms with Crippen LogP contribution in [-0.4, -0.2) is 49.2 Å². The molecule has 0 saturated carbocycles. The lowest BCUT2D eigenvalue weighted by Gasteiger charge is -2.14. The Morgan fingerprint density at radius 2 is 1.96 bits per heavy atom. The number of rotatable bonds is 8. The van der Waals surface area contributed by atoms with E-state index in [1.54, 1.807) is 0 Å². The van der Waals surface area contributed by atoms with Crippen molar-refractivity contribution in [2.45, 2.75) is 12.6 Å². The molecule has 0 fully saturated rings. The van der Waals surface area contributed by atoms with Gasteiger partial charge in [-0.1, -0.05) is 0 Å². The van der Waals surface area contributed by atoms with Crippen molar-refractivity contribution in [1.29, 1.82) is 0 Å². The minimum absolute atomic E-state index is 0.0893. The molecule has 0 amide bonds. The lowest BCUT2D eigenvalue weighted by atomic mass is 10.2. The average Bonchev–Trinajstić information content (AvgIpc) is 2.60. The van der Waals surface area contributed by atoms with Crippen LogP contribution in [0.4, 0.5) is 30.6 Å². The zero-order chi connectivity index (χ0) is 20.0. The van der Waals surface area contributed by atoms with E-state index < -0.39 is 11.7 Å². The standard InChI is InChI=1S/C17H21BrF3N5O/c1-26(2)6-4-5-22-15-14(18)10-23-16(25-15)24-12-7-11(17(19,20)21)8-13(9-12)27-3/h7-10H,4-6H2,1-3H3,(H2,22,23,24,25). The van der Waals surface area contributed by atoms with E-state index in [1.807, 2.05) is 14.1 Å². The van der Waals surface area contributed by atoms with E-state index in [-0.39, 0.29) is 17.4 Å². The third-order valence-corrected chi connectivity index (χ3v) is 4.12. The Hall–Kier alpha value is -2.07. The van der Waals surface area contributed by atoms with E-state index >= 15 is 0 Å². The number of aromatic nitrogens is 2. The summed E-state index contributed by atoms with van der Waals surface area (Å²) in [6, 6.07) is 3.37. The molecule has 0 unspecified atom stereocenters. The highest BCUT2D eigenvalue weighted by atomic mass is 79.9. The Kier molecular flexibility index (Phi) is 7.25. The fraction of sp³-hybridized carbons (Fsp3) is 0.412. The van der Waals surface area contributed by atoms with Gasteiger partial charge in [0.05, 0.1) is 17.1 Å². The van der Waals surface area contributed by atoms with E-state index in [4.69, 9.17) is 4.74 Å². The van der Waals surface area contributed by atoms with Crippen molar-refractivity contribution in [3.8, 4) is 5.75 Å². The molecule has 1 aromatic carbocycles. The van der Waals surface area contributed by atoms with Gasteiger partial charge in [0.25, 0.3) is 0 Å². The van der Waals surface area contributed by atoms with Gasteiger partial charge in [-0.2, -0.15) is 18.2 Å². The Morgan fingerprint density at radius 3 is 2.59 bits per heavy atom. The number of benzene rings is 1. The summed E-state index contributed by atoms with van der Waals surface area (Å²) in [4.78, 5) is 10.5. The zero-order valence-electron chi connectivity index (χ0n) is 15.2. The molecule has 10 heteroatoms. The van der Waals surface area contributed by atoms with Crippen molar-refractivity contribution in [3.05, 3.63) is 34.4 Å². The van der Waals surface area contributed by atoms with Gasteiger partial charge in [-0.05, 0) is 55.1 Å². The van der Waals surface area contributed by atoms with Crippen molar-refractivity contribution in [1.82, 2.24) is 14.9 Å². The molecule has 2 rings (SSSR count). The smallest absolute Gasteiger partial charge is 0.416 e. The van der Waals surface area contributed by atoms with Crippen LogP contribution < -0.4 is 15.4 Å². The lowest BCUT2D eigenvalue weighted by molar-refractivity contribution is -0.137. The Bertz CT molecular complexity index is 771. The minimum atomic E-state index is -4.48. The number of nitrogens with zero attached hydrogens (tertiary/aromatic N) is 3. The molecule has 0 spiro atoms. The van der Waals surface area contributed by atoms with Crippen LogP contribution in [0.3, 0.4) is 0 Å². The monoisotopic (exact) mass is 447 g/mol. The van der Waals surface area contributed by atoms with Gasteiger partial charge in [-0.3, -0.25) is 0 Å². The van der Waals surface area contributed by atoms with Gasteiger partial charge in [0.15, 0.2) is 0 Å². The Labute approximate surface area is 164 Å². The summed E-state index contributed by atoms with van der Waals surface area (Å²) in [5.74, 6) is 0.825. The van der Waals surface area contributed by atoms with Crippen LogP contribution in [0.15, 0.2) is 28.9 Å². The van der Waals surface area contributed by atoms with Crippen LogP contribution in [0.5, 0.6) is 5.75 Å². The van der Waals surface area contributed by atoms with Gasteiger partial charge >= 0.3 is 6.18 Å². The summed E-state index contributed by atoms with van der Waals surface area (Å²) < 4.78 is 44.7. The first-order chi connectivity index (χ1) is 12.7. The summed E-state index contributed by atoms with van der Waals surface area (Å²) in [5, 5.41) is 5.98. The van der Waals surface area contributed by atoms with Crippen molar-refractivity contribution in [2.24, 2.45) is 0 Å². The first kappa shape index (κ1) is 21.2. The topological polar surface area (TPSA) is 62.3 Å². The maximum absolute atomic E-state index is 13.0. The molecule has 0 aliphatic rings. The van der Waals surface area contributed by atoms with E-state index in [9.17, 15) is 13.2 Å². The van der Waals surface area contributed by atoms with Crippen LogP contribution in [0.2, 0.25) is 0 Å². The zero-order valence-corrected chi connectivity index (χ0v) is 16.8. The second-order valence-electron chi connectivity index (χ2n) is 6.05. The molecule has 1 heterocycles. The highest BCUT2D eigenvalue weighted by Gasteiger charge is 2.31. The van der Waals surface area contributed by atoms with Crippen molar-refractivity contribution < 1.29 is 17.9 Å². The largest absolute Gasteiger partial charge is 0.497 e. The maximum Gasteiger partial charge on any atom is 0.416 e. The molecule has 0 aliphatic carbocycles. The number of methoxy groups -OCH3 is 1. The number of anilines is 3. The van der Waals surface area contributed by atoms with E-state index in [2.05, 4.69) is 41.4 Å². The number of hydrogen-bond acceptors (Lipinski definition) is 6. The van der Waals surface area contributed by atoms with Crippen LogP contribution >= 0.6 is 15.9 Å². The normalized spacial score (nSPS) is 11.6. The van der Waals surface area contributed by atoms with E-state index in [1.165, 1.54) is 19.4 Å². The number of alkyl halides is 3. The summed E-state index contributed by atoms with van der Waals surface area (Å²) >= 11 is 3.36. The molecule has 0 aliphatic heterocycles. The van der Waals surface area contributed by atoms with Crippen molar-refractivity contribution in [3.63, 3.8) is 0 Å². The fourth-order valence-electron chi connectivity index (χ4n) is 2.24. The third-order valence-electron chi connectivity index (χ3n) is 3.54. The molecule has 27 heavy (non-hydrogen) atoms. The molecule has 6 nitrogen and oxygen atoms in total. The number of hydrogen-bond donors (Lipinski definition) is 2. The molecule has 148 valence electrons. The van der Waals surface area contributed by atoms with Crippen molar-refractivity contribution >= 4 is 33.4 Å². The van der Waals surface area contributed by atoms with Gasteiger partial charge in [0.2, 0.25) is 5.95 Å². The molecule has 0 saturated heterocycles. The Balaban J connectivity index is 2.16. The number of nitrogens with one attached hydrogen (secondary N) is 2. The first-order valence-electron chi connectivity index (χ1n) is 8.13. The highest BCUT2D eigenvalue weighted by molar-refractivity contribution is 9.10. The molecular formula is C17H21BrF3N5O. The predicted octanol–water partition coefficient (Wildman–Crippen LogP) is 4.37. The Morgan fingerprint density at radius 1 is 1.22 bits per heavy atom. The number of halogens is 4. The summed E-state index contributed by atoms with van der Waals surface area (Å²) in [5.41, 5.74) is -0.633. The first-order valence-corrected chi connectivity index (χ1v) is 8.93.